The first-order valence-corrected chi connectivity index (χ1v) is 7.46. The van der Waals surface area contributed by atoms with Crippen molar-refractivity contribution in [2.45, 2.75) is 55.4 Å². The van der Waals surface area contributed by atoms with Crippen LogP contribution in [0.5, 0.6) is 0 Å². The predicted molar refractivity (Wildman–Crippen MR) is 57.9 cm³/mol. The fraction of sp³-hybridized carbons (Fsp3) is 1.00. The molecule has 0 aromatic rings. The highest BCUT2D eigenvalue weighted by Gasteiger charge is 2.69. The van der Waals surface area contributed by atoms with Crippen LogP contribution in [-0.2, 0) is 13.6 Å². The van der Waals surface area contributed by atoms with Crippen molar-refractivity contribution in [1.29, 1.82) is 0 Å². The first kappa shape index (κ1) is 30.0. The molecule has 0 radical (unpaired) electrons. The Balaban J connectivity index is 5.89. The van der Waals surface area contributed by atoms with Crippen molar-refractivity contribution >= 4 is 8.60 Å². The predicted octanol–water partition coefficient (Wildman–Crippen LogP) is 6.74. The summed E-state index contributed by atoms with van der Waals surface area (Å²) in [6.45, 7) is 0. The second-order valence-corrected chi connectivity index (χ2v) is 5.93. The lowest BCUT2D eigenvalue weighted by Gasteiger charge is -2.30. The molecule has 0 aromatic heterocycles. The topological polar surface area (TPSA) is 27.7 Å². The SMILES string of the molecule is FC(OP(OC(F)C(F)(F)C(F)(F)F)OC(F)C(F)(F)C(F)(F)F)C(F)(F)C(F)(F)F. The summed E-state index contributed by atoms with van der Waals surface area (Å²) in [5, 5.41) is 0. The monoisotopic (exact) mass is 532 g/mol. The highest BCUT2D eigenvalue weighted by molar-refractivity contribution is 7.41. The van der Waals surface area contributed by atoms with Gasteiger partial charge in [-0.3, -0.25) is 13.6 Å². The molecule has 0 heterocycles. The summed E-state index contributed by atoms with van der Waals surface area (Å²) in [7, 11) is -5.58. The third kappa shape index (κ3) is 6.77. The van der Waals surface area contributed by atoms with Crippen molar-refractivity contribution in [2.75, 3.05) is 0 Å². The molecule has 0 amide bonds. The van der Waals surface area contributed by atoms with Gasteiger partial charge in [0.15, 0.2) is 0 Å². The van der Waals surface area contributed by atoms with Crippen LogP contribution in [0.25, 0.3) is 0 Å². The van der Waals surface area contributed by atoms with Crippen molar-refractivity contribution in [3.8, 4) is 0 Å². The van der Waals surface area contributed by atoms with Gasteiger partial charge in [0, 0.05) is 0 Å². The molecule has 0 saturated carbocycles. The maximum absolute atomic E-state index is 13.0. The van der Waals surface area contributed by atoms with Gasteiger partial charge in [0.25, 0.3) is 19.1 Å². The molecule has 0 spiro atoms. The van der Waals surface area contributed by atoms with E-state index in [2.05, 4.69) is 13.6 Å². The van der Waals surface area contributed by atoms with E-state index in [0.717, 1.165) is 0 Å². The second-order valence-electron chi connectivity index (χ2n) is 4.85. The van der Waals surface area contributed by atoms with Crippen molar-refractivity contribution in [1.82, 2.24) is 0 Å². The fourth-order valence-corrected chi connectivity index (χ4v) is 1.89. The number of hydrogen-bond acceptors (Lipinski definition) is 3. The molecule has 188 valence electrons. The molecule has 22 heteroatoms. The first-order valence-electron chi connectivity index (χ1n) is 6.36. The Bertz CT molecular complexity index is 502. The zero-order valence-electron chi connectivity index (χ0n) is 13.2. The van der Waals surface area contributed by atoms with E-state index in [4.69, 9.17) is 0 Å². The Morgan fingerprint density at radius 2 is 0.548 bits per heavy atom. The average Bonchev–Trinajstić information content (AvgIpc) is 2.50. The van der Waals surface area contributed by atoms with E-state index in [0.29, 0.717) is 0 Å². The van der Waals surface area contributed by atoms with Gasteiger partial charge >= 0.3 is 44.9 Å². The minimum absolute atomic E-state index is 2.60. The van der Waals surface area contributed by atoms with E-state index in [-0.39, 0.29) is 0 Å². The lowest BCUT2D eigenvalue weighted by atomic mass is 10.3. The Hall–Kier alpha value is -0.950. The quantitative estimate of drug-likeness (QED) is 0.243. The number of alkyl halides is 18. The van der Waals surface area contributed by atoms with Crippen LogP contribution in [-0.4, -0.2) is 55.4 Å². The molecule has 0 aliphatic heterocycles. The fourth-order valence-electron chi connectivity index (χ4n) is 0.886. The van der Waals surface area contributed by atoms with Gasteiger partial charge < -0.3 is 0 Å². The van der Waals surface area contributed by atoms with E-state index in [9.17, 15) is 79.0 Å². The minimum Gasteiger partial charge on any atom is -0.270 e. The molecule has 0 aromatic carbocycles. The highest BCUT2D eigenvalue weighted by Crippen LogP contribution is 2.54. The van der Waals surface area contributed by atoms with Gasteiger partial charge in [-0.05, 0) is 0 Å². The normalized spacial score (nSPS) is 19.2. The Morgan fingerprint density at radius 3 is 0.677 bits per heavy atom. The van der Waals surface area contributed by atoms with E-state index < -0.39 is 64.0 Å². The van der Waals surface area contributed by atoms with E-state index in [1.165, 1.54) is 0 Å². The van der Waals surface area contributed by atoms with Crippen LogP contribution in [0.15, 0.2) is 0 Å². The summed E-state index contributed by atoms with van der Waals surface area (Å²) in [5.74, 6) is -20.3. The summed E-state index contributed by atoms with van der Waals surface area (Å²) in [6.07, 6.45) is -36.9. The van der Waals surface area contributed by atoms with E-state index in [1.807, 2.05) is 0 Å². The maximum Gasteiger partial charge on any atom is 0.459 e. The lowest BCUT2D eigenvalue weighted by molar-refractivity contribution is -0.343. The summed E-state index contributed by atoms with van der Waals surface area (Å²) >= 11 is 0. The van der Waals surface area contributed by atoms with E-state index in [1.54, 1.807) is 0 Å². The van der Waals surface area contributed by atoms with Gasteiger partial charge in [0.1, 0.15) is 0 Å². The second kappa shape index (κ2) is 9.12. The van der Waals surface area contributed by atoms with Crippen molar-refractivity contribution in [2.24, 2.45) is 0 Å². The van der Waals surface area contributed by atoms with Crippen LogP contribution >= 0.6 is 8.60 Å². The van der Waals surface area contributed by atoms with E-state index >= 15 is 0 Å². The summed E-state index contributed by atoms with van der Waals surface area (Å²) in [6, 6.07) is 0. The Labute approximate surface area is 158 Å². The molecule has 3 nitrogen and oxygen atoms in total. The van der Waals surface area contributed by atoms with Crippen LogP contribution in [0.3, 0.4) is 0 Å². The molecule has 0 rings (SSSR count). The molecule has 0 bridgehead atoms. The summed E-state index contributed by atoms with van der Waals surface area (Å²) in [4.78, 5) is 0. The summed E-state index contributed by atoms with van der Waals surface area (Å²) in [5.41, 5.74) is 0. The largest absolute Gasteiger partial charge is 0.459 e. The molecule has 3 atom stereocenters. The standard InChI is InChI=1S/C9H3F18O3P/c10-1(4(13,14)7(19,20)21)28-31(29-2(11)5(15,16)8(22,23)24)30-3(12)6(17,18)9(25,26)27/h1-3H. The van der Waals surface area contributed by atoms with Crippen molar-refractivity contribution in [3.63, 3.8) is 0 Å². The van der Waals surface area contributed by atoms with Gasteiger partial charge in [-0.1, -0.05) is 0 Å². The molecule has 3 unspecified atom stereocenters. The summed E-state index contributed by atoms with van der Waals surface area (Å²) < 4.78 is 230. The molecule has 0 N–H and O–H groups in total. The van der Waals surface area contributed by atoms with Gasteiger partial charge in [0.05, 0.1) is 0 Å². The number of hydrogen-bond donors (Lipinski definition) is 0. The Morgan fingerprint density at radius 1 is 0.387 bits per heavy atom. The first-order chi connectivity index (χ1) is 13.3. The van der Waals surface area contributed by atoms with Crippen molar-refractivity contribution < 1.29 is 92.6 Å². The zero-order valence-corrected chi connectivity index (χ0v) is 14.1. The van der Waals surface area contributed by atoms with Crippen LogP contribution < -0.4 is 0 Å². The number of halogens is 18. The highest BCUT2D eigenvalue weighted by atomic mass is 31.2. The van der Waals surface area contributed by atoms with Crippen LogP contribution in [0.2, 0.25) is 0 Å². The van der Waals surface area contributed by atoms with Crippen LogP contribution in [0.4, 0.5) is 79.0 Å². The average molecular weight is 532 g/mol. The lowest BCUT2D eigenvalue weighted by Crippen LogP contribution is -2.48. The zero-order chi connectivity index (χ0) is 25.4. The van der Waals surface area contributed by atoms with Gasteiger partial charge in [-0.2, -0.15) is 65.9 Å². The molecular formula is C9H3F18O3P. The van der Waals surface area contributed by atoms with Gasteiger partial charge in [-0.15, -0.1) is 0 Å². The number of rotatable bonds is 9. The van der Waals surface area contributed by atoms with Gasteiger partial charge in [0.2, 0.25) is 0 Å². The Kier molecular flexibility index (Phi) is 8.84. The molecule has 0 saturated heterocycles. The molecule has 0 aliphatic rings. The van der Waals surface area contributed by atoms with Crippen molar-refractivity contribution in [3.05, 3.63) is 0 Å². The molecule has 0 aliphatic carbocycles. The van der Waals surface area contributed by atoms with Crippen LogP contribution in [0, 0.1) is 0 Å². The molecule has 0 fully saturated rings. The van der Waals surface area contributed by atoms with Crippen LogP contribution in [0.1, 0.15) is 0 Å². The molecule has 31 heavy (non-hydrogen) atoms. The smallest absolute Gasteiger partial charge is 0.270 e. The minimum atomic E-state index is -6.95. The molecular weight excluding hydrogens is 529 g/mol. The maximum atomic E-state index is 13.0. The van der Waals surface area contributed by atoms with Gasteiger partial charge in [-0.25, -0.2) is 13.2 Å². The third-order valence-electron chi connectivity index (χ3n) is 2.52. The third-order valence-corrected chi connectivity index (χ3v) is 3.60.